The van der Waals surface area contributed by atoms with Crippen LogP contribution in [0.15, 0.2) is 83.8 Å². The van der Waals surface area contributed by atoms with Gasteiger partial charge < -0.3 is 10.1 Å². The Labute approximate surface area is 193 Å². The van der Waals surface area contributed by atoms with E-state index in [0.717, 1.165) is 16.9 Å². The number of nitrogens with one attached hydrogen (secondary N) is 1. The predicted molar refractivity (Wildman–Crippen MR) is 125 cm³/mol. The van der Waals surface area contributed by atoms with E-state index in [2.05, 4.69) is 5.32 Å². The number of hydrogen-bond donors (Lipinski definition) is 1. The van der Waals surface area contributed by atoms with E-state index in [1.54, 1.807) is 19.2 Å². The Hall–Kier alpha value is -2.87. The van der Waals surface area contributed by atoms with Crippen molar-refractivity contribution >= 4 is 27.5 Å². The van der Waals surface area contributed by atoms with Crippen LogP contribution >= 0.6 is 11.6 Å². The lowest BCUT2D eigenvalue weighted by molar-refractivity contribution is -0.121. The highest BCUT2D eigenvalue weighted by Crippen LogP contribution is 2.19. The Kier molecular flexibility index (Phi) is 8.27. The van der Waals surface area contributed by atoms with Gasteiger partial charge in [0.25, 0.3) is 0 Å². The molecule has 0 aliphatic carbocycles. The second-order valence-electron chi connectivity index (χ2n) is 7.15. The molecule has 0 unspecified atom stereocenters. The van der Waals surface area contributed by atoms with Crippen molar-refractivity contribution in [3.63, 3.8) is 0 Å². The van der Waals surface area contributed by atoms with Gasteiger partial charge in [-0.25, -0.2) is 8.42 Å². The molecule has 1 amide bonds. The van der Waals surface area contributed by atoms with E-state index in [1.807, 2.05) is 42.5 Å². The molecule has 1 N–H and O–H groups in total. The zero-order chi connectivity index (χ0) is 23.0. The van der Waals surface area contributed by atoms with Gasteiger partial charge in [-0.3, -0.25) is 4.79 Å². The number of hydrogen-bond acceptors (Lipinski definition) is 4. The lowest BCUT2D eigenvalue weighted by Crippen LogP contribution is -2.41. The van der Waals surface area contributed by atoms with Crippen LogP contribution in [0.2, 0.25) is 5.02 Å². The minimum atomic E-state index is -3.88. The Morgan fingerprint density at radius 2 is 1.59 bits per heavy atom. The van der Waals surface area contributed by atoms with Crippen molar-refractivity contribution in [3.8, 4) is 5.75 Å². The van der Waals surface area contributed by atoms with E-state index in [-0.39, 0.29) is 30.4 Å². The average molecular weight is 473 g/mol. The number of halogens is 1. The molecule has 8 heteroatoms. The van der Waals surface area contributed by atoms with E-state index in [9.17, 15) is 13.2 Å². The standard InChI is InChI=1S/C24H25ClN2O4S/c1-31-22-11-7-20(8-12-22)17-26-24(28)18-27(16-15-19-5-3-2-4-6-19)32(29,30)23-13-9-21(25)10-14-23/h2-14H,15-18H2,1H3,(H,26,28). The molecule has 6 nitrogen and oxygen atoms in total. The van der Waals surface area contributed by atoms with Crippen LogP contribution in [-0.4, -0.2) is 38.8 Å². The molecule has 0 radical (unpaired) electrons. The maximum Gasteiger partial charge on any atom is 0.243 e. The topological polar surface area (TPSA) is 75.7 Å². The van der Waals surface area contributed by atoms with Crippen molar-refractivity contribution < 1.29 is 17.9 Å². The molecular formula is C24H25ClN2O4S. The van der Waals surface area contributed by atoms with Crippen molar-refractivity contribution in [2.75, 3.05) is 20.2 Å². The van der Waals surface area contributed by atoms with Crippen LogP contribution in [0.1, 0.15) is 11.1 Å². The Morgan fingerprint density at radius 3 is 2.22 bits per heavy atom. The fraction of sp³-hybridized carbons (Fsp3) is 0.208. The highest BCUT2D eigenvalue weighted by molar-refractivity contribution is 7.89. The molecule has 0 aliphatic heterocycles. The number of sulfonamides is 1. The molecule has 0 heterocycles. The highest BCUT2D eigenvalue weighted by Gasteiger charge is 2.26. The first-order valence-electron chi connectivity index (χ1n) is 10.1. The molecule has 0 aromatic heterocycles. The lowest BCUT2D eigenvalue weighted by atomic mass is 10.1. The van der Waals surface area contributed by atoms with E-state index in [0.29, 0.717) is 11.4 Å². The first-order valence-corrected chi connectivity index (χ1v) is 11.9. The van der Waals surface area contributed by atoms with Gasteiger partial charge in [0, 0.05) is 18.1 Å². The third-order valence-corrected chi connectivity index (χ3v) is 7.02. The first kappa shape index (κ1) is 23.8. The zero-order valence-electron chi connectivity index (χ0n) is 17.7. The predicted octanol–water partition coefficient (Wildman–Crippen LogP) is 3.90. The second kappa shape index (κ2) is 11.1. The quantitative estimate of drug-likeness (QED) is 0.485. The number of methoxy groups -OCH3 is 1. The van der Waals surface area contributed by atoms with E-state index >= 15 is 0 Å². The molecule has 0 fully saturated rings. The summed E-state index contributed by atoms with van der Waals surface area (Å²) >= 11 is 5.90. The summed E-state index contributed by atoms with van der Waals surface area (Å²) in [6.45, 7) is 0.176. The number of amides is 1. The fourth-order valence-corrected chi connectivity index (χ4v) is 4.62. The molecule has 3 rings (SSSR count). The van der Waals surface area contributed by atoms with Gasteiger partial charge in [0.2, 0.25) is 15.9 Å². The number of nitrogens with zero attached hydrogens (tertiary/aromatic N) is 1. The van der Waals surface area contributed by atoms with Crippen LogP contribution < -0.4 is 10.1 Å². The van der Waals surface area contributed by atoms with Crippen LogP contribution in [0.5, 0.6) is 5.75 Å². The minimum absolute atomic E-state index is 0.0953. The summed E-state index contributed by atoms with van der Waals surface area (Å²) in [6, 6.07) is 22.8. The van der Waals surface area contributed by atoms with Crippen molar-refractivity contribution in [2.45, 2.75) is 17.9 Å². The summed E-state index contributed by atoms with van der Waals surface area (Å²) in [5, 5.41) is 3.23. The Bertz CT molecular complexity index is 1120. The third-order valence-electron chi connectivity index (χ3n) is 4.91. The molecule has 0 spiro atoms. The minimum Gasteiger partial charge on any atom is -0.497 e. The van der Waals surface area contributed by atoms with Gasteiger partial charge in [0.05, 0.1) is 18.6 Å². The van der Waals surface area contributed by atoms with Gasteiger partial charge in [-0.15, -0.1) is 0 Å². The smallest absolute Gasteiger partial charge is 0.243 e. The van der Waals surface area contributed by atoms with Crippen molar-refractivity contribution in [3.05, 3.63) is 95.0 Å². The Balaban J connectivity index is 1.71. The third kappa shape index (κ3) is 6.56. The maximum atomic E-state index is 13.2. The average Bonchev–Trinajstić information content (AvgIpc) is 2.81. The van der Waals surface area contributed by atoms with E-state index < -0.39 is 10.0 Å². The van der Waals surface area contributed by atoms with Crippen LogP contribution in [0.4, 0.5) is 0 Å². The Morgan fingerprint density at radius 1 is 0.938 bits per heavy atom. The summed E-state index contributed by atoms with van der Waals surface area (Å²) in [5.41, 5.74) is 1.87. The molecule has 0 atom stereocenters. The summed E-state index contributed by atoms with van der Waals surface area (Å²) in [7, 11) is -2.29. The zero-order valence-corrected chi connectivity index (χ0v) is 19.3. The van der Waals surface area contributed by atoms with E-state index in [1.165, 1.54) is 28.6 Å². The van der Waals surface area contributed by atoms with Gasteiger partial charge >= 0.3 is 0 Å². The SMILES string of the molecule is COc1ccc(CNC(=O)CN(CCc2ccccc2)S(=O)(=O)c2ccc(Cl)cc2)cc1. The summed E-state index contributed by atoms with van der Waals surface area (Å²) in [4.78, 5) is 12.7. The molecule has 0 bridgehead atoms. The van der Waals surface area contributed by atoms with Gasteiger partial charge in [0.15, 0.2) is 0 Å². The largest absolute Gasteiger partial charge is 0.497 e. The van der Waals surface area contributed by atoms with Gasteiger partial charge in [0.1, 0.15) is 5.75 Å². The molecule has 3 aromatic rings. The molecule has 0 aliphatic rings. The molecule has 0 saturated heterocycles. The van der Waals surface area contributed by atoms with Crippen LogP contribution in [0, 0.1) is 0 Å². The second-order valence-corrected chi connectivity index (χ2v) is 9.53. The van der Waals surface area contributed by atoms with Crippen molar-refractivity contribution in [2.24, 2.45) is 0 Å². The first-order chi connectivity index (χ1) is 15.4. The number of carbonyl (C=O) groups is 1. The normalized spacial score (nSPS) is 11.3. The molecule has 0 saturated carbocycles. The van der Waals surface area contributed by atoms with E-state index in [4.69, 9.17) is 16.3 Å². The number of carbonyl (C=O) groups excluding carboxylic acids is 1. The molecule has 32 heavy (non-hydrogen) atoms. The lowest BCUT2D eigenvalue weighted by Gasteiger charge is -2.22. The molecule has 168 valence electrons. The number of rotatable bonds is 10. The van der Waals surface area contributed by atoms with Crippen molar-refractivity contribution in [1.82, 2.24) is 9.62 Å². The van der Waals surface area contributed by atoms with Crippen LogP contribution in [0.3, 0.4) is 0 Å². The molecular weight excluding hydrogens is 448 g/mol. The van der Waals surface area contributed by atoms with Crippen LogP contribution in [-0.2, 0) is 27.8 Å². The fourth-order valence-electron chi connectivity index (χ4n) is 3.10. The van der Waals surface area contributed by atoms with Gasteiger partial charge in [-0.2, -0.15) is 4.31 Å². The maximum absolute atomic E-state index is 13.2. The van der Waals surface area contributed by atoms with Gasteiger partial charge in [-0.1, -0.05) is 54.1 Å². The number of ether oxygens (including phenoxy) is 1. The summed E-state index contributed by atoms with van der Waals surface area (Å²) in [6.07, 6.45) is 0.486. The highest BCUT2D eigenvalue weighted by atomic mass is 35.5. The van der Waals surface area contributed by atoms with Crippen LogP contribution in [0.25, 0.3) is 0 Å². The van der Waals surface area contributed by atoms with Crippen molar-refractivity contribution in [1.29, 1.82) is 0 Å². The van der Waals surface area contributed by atoms with Gasteiger partial charge in [-0.05, 0) is 53.9 Å². The summed E-state index contributed by atoms with van der Waals surface area (Å²) in [5.74, 6) is 0.340. The summed E-state index contributed by atoms with van der Waals surface area (Å²) < 4.78 is 32.8. The number of benzene rings is 3. The molecule has 3 aromatic carbocycles. The monoisotopic (exact) mass is 472 g/mol.